The number of halogens is 1. The number of carbonyl (C=O) groups excluding carboxylic acids is 1. The van der Waals surface area contributed by atoms with E-state index >= 15 is 0 Å². The SMILES string of the molecule is CC(Cl)C(=O)NCCSc1n[nH]c(C(C)(C)C)n1. The van der Waals surface area contributed by atoms with E-state index in [9.17, 15) is 4.79 Å². The summed E-state index contributed by atoms with van der Waals surface area (Å²) in [5, 5.41) is 9.99. The lowest BCUT2D eigenvalue weighted by Gasteiger charge is -2.12. The zero-order valence-corrected chi connectivity index (χ0v) is 12.7. The summed E-state index contributed by atoms with van der Waals surface area (Å²) in [5.41, 5.74) is -0.0336. The number of hydrogen-bond donors (Lipinski definition) is 2. The molecule has 0 fully saturated rings. The Hall–Kier alpha value is -0.750. The molecule has 1 heterocycles. The molecule has 0 bridgehead atoms. The van der Waals surface area contributed by atoms with E-state index in [1.807, 2.05) is 0 Å². The van der Waals surface area contributed by atoms with Crippen molar-refractivity contribution in [3.8, 4) is 0 Å². The van der Waals surface area contributed by atoms with Gasteiger partial charge >= 0.3 is 0 Å². The normalized spacial score (nSPS) is 13.4. The molecular weight excluding hydrogens is 272 g/mol. The van der Waals surface area contributed by atoms with Gasteiger partial charge in [-0.05, 0) is 6.92 Å². The van der Waals surface area contributed by atoms with E-state index in [2.05, 4.69) is 41.3 Å². The highest BCUT2D eigenvalue weighted by Crippen LogP contribution is 2.20. The van der Waals surface area contributed by atoms with Crippen LogP contribution in [0.2, 0.25) is 0 Å². The van der Waals surface area contributed by atoms with Crippen molar-refractivity contribution < 1.29 is 4.79 Å². The molecule has 0 radical (unpaired) electrons. The van der Waals surface area contributed by atoms with Crippen LogP contribution in [0.25, 0.3) is 0 Å². The Bertz CT molecular complexity index is 400. The minimum atomic E-state index is -0.494. The van der Waals surface area contributed by atoms with E-state index in [4.69, 9.17) is 11.6 Å². The van der Waals surface area contributed by atoms with Gasteiger partial charge in [-0.15, -0.1) is 16.7 Å². The van der Waals surface area contributed by atoms with Crippen molar-refractivity contribution >= 4 is 29.3 Å². The molecule has 0 aliphatic carbocycles. The monoisotopic (exact) mass is 290 g/mol. The zero-order valence-electron chi connectivity index (χ0n) is 11.1. The quantitative estimate of drug-likeness (QED) is 0.494. The first-order chi connectivity index (χ1) is 8.30. The fourth-order valence-corrected chi connectivity index (χ4v) is 1.83. The summed E-state index contributed by atoms with van der Waals surface area (Å²) in [5.74, 6) is 1.43. The van der Waals surface area contributed by atoms with Gasteiger partial charge in [-0.1, -0.05) is 32.5 Å². The Kier molecular flexibility index (Phi) is 5.47. The molecule has 2 N–H and O–H groups in total. The third-order valence-corrected chi connectivity index (χ3v) is 3.22. The number of amides is 1. The molecule has 1 amide bonds. The number of hydrogen-bond acceptors (Lipinski definition) is 4. The molecule has 1 rings (SSSR count). The molecule has 1 aromatic heterocycles. The highest BCUT2D eigenvalue weighted by Gasteiger charge is 2.18. The average molecular weight is 291 g/mol. The van der Waals surface area contributed by atoms with Crippen molar-refractivity contribution in [1.82, 2.24) is 20.5 Å². The average Bonchev–Trinajstić information content (AvgIpc) is 2.72. The number of alkyl halides is 1. The van der Waals surface area contributed by atoms with Crippen LogP contribution in [-0.2, 0) is 10.2 Å². The Morgan fingerprint density at radius 2 is 2.22 bits per heavy atom. The summed E-state index contributed by atoms with van der Waals surface area (Å²) < 4.78 is 0. The standard InChI is InChI=1S/C11H19ClN4OS/c1-7(12)8(17)13-5-6-18-10-14-9(15-16-10)11(2,3)4/h7H,5-6H2,1-4H3,(H,13,17)(H,14,15,16). The molecule has 0 saturated carbocycles. The molecule has 18 heavy (non-hydrogen) atoms. The van der Waals surface area contributed by atoms with Gasteiger partial charge in [-0.25, -0.2) is 4.98 Å². The van der Waals surface area contributed by atoms with Crippen LogP contribution in [0.15, 0.2) is 5.16 Å². The van der Waals surface area contributed by atoms with Gasteiger partial charge in [-0.3, -0.25) is 9.89 Å². The molecule has 1 atom stereocenters. The highest BCUT2D eigenvalue weighted by atomic mass is 35.5. The molecule has 0 spiro atoms. The van der Waals surface area contributed by atoms with Crippen molar-refractivity contribution in [3.05, 3.63) is 5.82 Å². The lowest BCUT2D eigenvalue weighted by molar-refractivity contribution is -0.120. The summed E-state index contributed by atoms with van der Waals surface area (Å²) in [4.78, 5) is 15.6. The number of rotatable bonds is 5. The molecular formula is C11H19ClN4OS. The maximum atomic E-state index is 11.2. The Morgan fingerprint density at radius 3 is 2.72 bits per heavy atom. The summed E-state index contributed by atoms with van der Waals surface area (Å²) in [6, 6.07) is 0. The second kappa shape index (κ2) is 6.43. The molecule has 0 aromatic carbocycles. The van der Waals surface area contributed by atoms with Gasteiger partial charge in [0.2, 0.25) is 11.1 Å². The smallest absolute Gasteiger partial charge is 0.237 e. The van der Waals surface area contributed by atoms with Crippen molar-refractivity contribution in [2.45, 2.75) is 43.6 Å². The van der Waals surface area contributed by atoms with Crippen molar-refractivity contribution in [2.75, 3.05) is 12.3 Å². The van der Waals surface area contributed by atoms with Crippen LogP contribution >= 0.6 is 23.4 Å². The maximum Gasteiger partial charge on any atom is 0.237 e. The number of nitrogens with one attached hydrogen (secondary N) is 2. The number of aromatic amines is 1. The van der Waals surface area contributed by atoms with Crippen LogP contribution in [0.1, 0.15) is 33.5 Å². The van der Waals surface area contributed by atoms with Crippen LogP contribution in [0, 0.1) is 0 Å². The Labute approximate surface area is 116 Å². The summed E-state index contributed by atoms with van der Waals surface area (Å²) in [6.45, 7) is 8.42. The minimum absolute atomic E-state index is 0.0336. The van der Waals surface area contributed by atoms with Gasteiger partial charge in [-0.2, -0.15) is 0 Å². The zero-order chi connectivity index (χ0) is 13.8. The molecule has 0 aliphatic rings. The second-order valence-corrected chi connectivity index (χ2v) is 6.69. The van der Waals surface area contributed by atoms with Crippen LogP contribution in [0.4, 0.5) is 0 Å². The number of H-pyrrole nitrogens is 1. The van der Waals surface area contributed by atoms with E-state index < -0.39 is 5.38 Å². The first-order valence-electron chi connectivity index (χ1n) is 5.78. The first kappa shape index (κ1) is 15.3. The summed E-state index contributed by atoms with van der Waals surface area (Å²) in [6.07, 6.45) is 0. The second-order valence-electron chi connectivity index (χ2n) is 4.97. The lowest BCUT2D eigenvalue weighted by Crippen LogP contribution is -2.31. The number of thioether (sulfide) groups is 1. The predicted molar refractivity (Wildman–Crippen MR) is 74.1 cm³/mol. The Morgan fingerprint density at radius 1 is 1.56 bits per heavy atom. The molecule has 1 aromatic rings. The third kappa shape index (κ3) is 4.86. The molecule has 102 valence electrons. The van der Waals surface area contributed by atoms with E-state index in [0.29, 0.717) is 11.7 Å². The predicted octanol–water partition coefficient (Wildman–Crippen LogP) is 1.94. The molecule has 0 saturated heterocycles. The molecule has 7 heteroatoms. The van der Waals surface area contributed by atoms with Gasteiger partial charge in [0.25, 0.3) is 0 Å². The minimum Gasteiger partial charge on any atom is -0.354 e. The first-order valence-corrected chi connectivity index (χ1v) is 7.20. The van der Waals surface area contributed by atoms with Gasteiger partial charge in [0.1, 0.15) is 11.2 Å². The fraction of sp³-hybridized carbons (Fsp3) is 0.727. The van der Waals surface area contributed by atoms with Gasteiger partial charge in [0.05, 0.1) is 0 Å². The van der Waals surface area contributed by atoms with Crippen molar-refractivity contribution in [1.29, 1.82) is 0 Å². The van der Waals surface area contributed by atoms with E-state index in [1.165, 1.54) is 11.8 Å². The third-order valence-electron chi connectivity index (χ3n) is 2.17. The van der Waals surface area contributed by atoms with E-state index in [-0.39, 0.29) is 11.3 Å². The van der Waals surface area contributed by atoms with Crippen LogP contribution in [-0.4, -0.2) is 38.8 Å². The largest absolute Gasteiger partial charge is 0.354 e. The van der Waals surface area contributed by atoms with E-state index in [0.717, 1.165) is 11.6 Å². The van der Waals surface area contributed by atoms with Crippen LogP contribution < -0.4 is 5.32 Å². The fourth-order valence-electron chi connectivity index (χ4n) is 1.10. The highest BCUT2D eigenvalue weighted by molar-refractivity contribution is 7.99. The van der Waals surface area contributed by atoms with Crippen LogP contribution in [0.5, 0.6) is 0 Å². The topological polar surface area (TPSA) is 70.7 Å². The summed E-state index contributed by atoms with van der Waals surface area (Å²) >= 11 is 7.13. The maximum absolute atomic E-state index is 11.2. The van der Waals surface area contributed by atoms with Gasteiger partial charge in [0.15, 0.2) is 0 Å². The number of nitrogens with zero attached hydrogens (tertiary/aromatic N) is 2. The molecule has 5 nitrogen and oxygen atoms in total. The van der Waals surface area contributed by atoms with Gasteiger partial charge < -0.3 is 5.32 Å². The molecule has 1 unspecified atom stereocenters. The Balaban J connectivity index is 2.32. The summed E-state index contributed by atoms with van der Waals surface area (Å²) in [7, 11) is 0. The molecule has 0 aliphatic heterocycles. The lowest BCUT2D eigenvalue weighted by atomic mass is 9.96. The van der Waals surface area contributed by atoms with Crippen molar-refractivity contribution in [3.63, 3.8) is 0 Å². The van der Waals surface area contributed by atoms with Crippen LogP contribution in [0.3, 0.4) is 0 Å². The number of aromatic nitrogens is 3. The van der Waals surface area contributed by atoms with Gasteiger partial charge in [0, 0.05) is 17.7 Å². The van der Waals surface area contributed by atoms with Crippen molar-refractivity contribution in [2.24, 2.45) is 0 Å². The van der Waals surface area contributed by atoms with E-state index in [1.54, 1.807) is 6.92 Å². The number of carbonyl (C=O) groups is 1.